The molecule has 0 radical (unpaired) electrons. The van der Waals surface area contributed by atoms with Gasteiger partial charge in [0.25, 0.3) is 5.56 Å². The summed E-state index contributed by atoms with van der Waals surface area (Å²) in [6.45, 7) is 4.88. The molecule has 0 spiro atoms. The second-order valence-electron chi connectivity index (χ2n) is 8.39. The maximum atomic E-state index is 12.3. The summed E-state index contributed by atoms with van der Waals surface area (Å²) in [7, 11) is 0. The van der Waals surface area contributed by atoms with Crippen LogP contribution in [0, 0.1) is 6.92 Å². The number of rotatable bonds is 6. The van der Waals surface area contributed by atoms with Gasteiger partial charge in [-0.25, -0.2) is 4.79 Å². The van der Waals surface area contributed by atoms with Crippen molar-refractivity contribution >= 4 is 5.97 Å². The average molecular weight is 423 g/mol. The molecule has 3 heterocycles. The molecule has 0 amide bonds. The van der Waals surface area contributed by atoms with Crippen LogP contribution in [-0.4, -0.2) is 57.2 Å². The number of nitrogens with one attached hydrogen (secondary N) is 1. The Morgan fingerprint density at radius 1 is 1.50 bits per heavy atom. The number of hydrogen-bond donors (Lipinski definition) is 2. The van der Waals surface area contributed by atoms with Crippen molar-refractivity contribution in [2.24, 2.45) is 5.11 Å². The van der Waals surface area contributed by atoms with Gasteiger partial charge in [-0.3, -0.25) is 19.1 Å². The number of aliphatic hydroxyl groups is 1. The van der Waals surface area contributed by atoms with Crippen molar-refractivity contribution in [1.82, 2.24) is 9.55 Å². The standard InChI is InChI=1S/C18H25N5O7/c1-10-6-23(16(26)20-15(10)25)13-4-11(21-22-19)12(30-13)7-28-14(24)5-18(3)8-17(2,27)9-29-18/h6,11-13,27H,4-5,7-9H2,1-3H3,(H,20,25,26)/t11-,12+,13+,17-,18?/m0/s1. The highest BCUT2D eigenvalue weighted by Crippen LogP contribution is 2.35. The quantitative estimate of drug-likeness (QED) is 0.293. The fourth-order valence-electron chi connectivity index (χ4n) is 3.91. The third kappa shape index (κ3) is 4.90. The highest BCUT2D eigenvalue weighted by atomic mass is 16.6. The Bertz CT molecular complexity index is 980. The van der Waals surface area contributed by atoms with E-state index in [-0.39, 0.29) is 26.1 Å². The molecule has 12 heteroatoms. The summed E-state index contributed by atoms with van der Waals surface area (Å²) in [6.07, 6.45) is 0.267. The van der Waals surface area contributed by atoms with E-state index >= 15 is 0 Å². The summed E-state index contributed by atoms with van der Waals surface area (Å²) in [5, 5.41) is 13.7. The van der Waals surface area contributed by atoms with E-state index in [1.807, 2.05) is 0 Å². The molecule has 1 aromatic heterocycles. The molecule has 2 aliphatic rings. The summed E-state index contributed by atoms with van der Waals surface area (Å²) in [5.74, 6) is -0.543. The molecule has 2 fully saturated rings. The van der Waals surface area contributed by atoms with E-state index in [0.717, 1.165) is 0 Å². The summed E-state index contributed by atoms with van der Waals surface area (Å²) in [5.41, 5.74) is 6.19. The molecule has 30 heavy (non-hydrogen) atoms. The van der Waals surface area contributed by atoms with Gasteiger partial charge in [0.05, 0.1) is 30.3 Å². The molecule has 5 atom stereocenters. The first-order valence-corrected chi connectivity index (χ1v) is 9.56. The Morgan fingerprint density at radius 3 is 2.87 bits per heavy atom. The second kappa shape index (κ2) is 8.23. The lowest BCUT2D eigenvalue weighted by molar-refractivity contribution is -0.154. The van der Waals surface area contributed by atoms with Gasteiger partial charge in [0, 0.05) is 29.5 Å². The van der Waals surface area contributed by atoms with Crippen molar-refractivity contribution in [2.45, 2.75) is 69.6 Å². The lowest BCUT2D eigenvalue weighted by Crippen LogP contribution is -2.34. The summed E-state index contributed by atoms with van der Waals surface area (Å²) in [4.78, 5) is 40.9. The van der Waals surface area contributed by atoms with Crippen LogP contribution in [0.2, 0.25) is 0 Å². The first-order valence-electron chi connectivity index (χ1n) is 9.56. The van der Waals surface area contributed by atoms with Gasteiger partial charge in [0.15, 0.2) is 0 Å². The van der Waals surface area contributed by atoms with Crippen LogP contribution in [0.15, 0.2) is 20.9 Å². The Morgan fingerprint density at radius 2 is 2.23 bits per heavy atom. The molecule has 0 saturated carbocycles. The Kier molecular flexibility index (Phi) is 6.04. The Labute approximate surface area is 171 Å². The van der Waals surface area contributed by atoms with Gasteiger partial charge >= 0.3 is 11.7 Å². The molecular weight excluding hydrogens is 398 g/mol. The van der Waals surface area contributed by atoms with Crippen LogP contribution in [0.25, 0.3) is 10.4 Å². The maximum absolute atomic E-state index is 12.3. The van der Waals surface area contributed by atoms with Crippen LogP contribution in [0.5, 0.6) is 0 Å². The summed E-state index contributed by atoms with van der Waals surface area (Å²) >= 11 is 0. The van der Waals surface area contributed by atoms with Crippen molar-refractivity contribution in [3.05, 3.63) is 43.0 Å². The van der Waals surface area contributed by atoms with E-state index in [1.54, 1.807) is 20.8 Å². The average Bonchev–Trinajstić information content (AvgIpc) is 3.16. The third-order valence-electron chi connectivity index (χ3n) is 5.27. The van der Waals surface area contributed by atoms with Crippen LogP contribution in [-0.2, 0) is 19.0 Å². The zero-order valence-corrected chi connectivity index (χ0v) is 17.0. The number of aromatic amines is 1. The first-order chi connectivity index (χ1) is 14.0. The molecule has 164 valence electrons. The minimum Gasteiger partial charge on any atom is -0.463 e. The molecule has 0 aromatic carbocycles. The number of hydrogen-bond acceptors (Lipinski definition) is 8. The van der Waals surface area contributed by atoms with Gasteiger partial charge in [0.1, 0.15) is 18.9 Å². The van der Waals surface area contributed by atoms with Gasteiger partial charge in [-0.15, -0.1) is 0 Å². The SMILES string of the molecule is Cc1cn([C@H]2C[C@H](N=[N+]=[N-])[C@@H](COC(=O)CC3(C)C[C@](C)(O)CO3)O2)c(=O)[nH]c1=O. The van der Waals surface area contributed by atoms with E-state index in [2.05, 4.69) is 15.0 Å². The van der Waals surface area contributed by atoms with Crippen LogP contribution < -0.4 is 11.2 Å². The Hall–Kier alpha value is -2.66. The van der Waals surface area contributed by atoms with Crippen molar-refractivity contribution in [3.8, 4) is 0 Å². The number of carbonyl (C=O) groups is 1. The summed E-state index contributed by atoms with van der Waals surface area (Å²) < 4.78 is 17.9. The molecule has 0 aliphatic carbocycles. The van der Waals surface area contributed by atoms with E-state index in [1.165, 1.54) is 10.8 Å². The highest BCUT2D eigenvalue weighted by Gasteiger charge is 2.44. The van der Waals surface area contributed by atoms with Gasteiger partial charge in [-0.2, -0.15) is 0 Å². The van der Waals surface area contributed by atoms with Crippen molar-refractivity contribution in [1.29, 1.82) is 0 Å². The van der Waals surface area contributed by atoms with Crippen molar-refractivity contribution < 1.29 is 24.1 Å². The van der Waals surface area contributed by atoms with Crippen LogP contribution in [0.4, 0.5) is 0 Å². The predicted octanol–water partition coefficient (Wildman–Crippen LogP) is 0.675. The molecule has 2 aliphatic heterocycles. The van der Waals surface area contributed by atoms with Crippen molar-refractivity contribution in [2.75, 3.05) is 13.2 Å². The highest BCUT2D eigenvalue weighted by molar-refractivity contribution is 5.70. The van der Waals surface area contributed by atoms with Crippen LogP contribution >= 0.6 is 0 Å². The molecular formula is C18H25N5O7. The van der Waals surface area contributed by atoms with Gasteiger partial charge < -0.3 is 19.3 Å². The number of aromatic nitrogens is 2. The smallest absolute Gasteiger partial charge is 0.330 e. The first kappa shape index (κ1) is 22.0. The largest absolute Gasteiger partial charge is 0.463 e. The molecule has 0 bridgehead atoms. The van der Waals surface area contributed by atoms with Gasteiger partial charge in [-0.05, 0) is 26.3 Å². The number of azide groups is 1. The van der Waals surface area contributed by atoms with E-state index in [0.29, 0.717) is 12.0 Å². The summed E-state index contributed by atoms with van der Waals surface area (Å²) in [6, 6.07) is -0.661. The van der Waals surface area contributed by atoms with E-state index in [4.69, 9.17) is 19.7 Å². The third-order valence-corrected chi connectivity index (χ3v) is 5.27. The van der Waals surface area contributed by atoms with Crippen molar-refractivity contribution in [3.63, 3.8) is 0 Å². The monoisotopic (exact) mass is 423 g/mol. The minimum absolute atomic E-state index is 0.0515. The molecule has 1 aromatic rings. The van der Waals surface area contributed by atoms with Crippen LogP contribution in [0.3, 0.4) is 0 Å². The predicted molar refractivity (Wildman–Crippen MR) is 103 cm³/mol. The zero-order valence-electron chi connectivity index (χ0n) is 17.0. The van der Waals surface area contributed by atoms with Crippen LogP contribution in [0.1, 0.15) is 44.9 Å². The number of aryl methyl sites for hydroxylation is 1. The number of H-pyrrole nitrogens is 1. The maximum Gasteiger partial charge on any atom is 0.330 e. The molecule has 12 nitrogen and oxygen atoms in total. The number of nitrogens with zero attached hydrogens (tertiary/aromatic N) is 4. The van der Waals surface area contributed by atoms with E-state index < -0.39 is 46.8 Å². The molecule has 1 unspecified atom stereocenters. The molecule has 2 N–H and O–H groups in total. The van der Waals surface area contributed by atoms with Gasteiger partial charge in [-0.1, -0.05) is 5.11 Å². The van der Waals surface area contributed by atoms with E-state index in [9.17, 15) is 19.5 Å². The molecule has 2 saturated heterocycles. The molecule has 3 rings (SSSR count). The lowest BCUT2D eigenvalue weighted by atomic mass is 9.91. The zero-order chi connectivity index (χ0) is 22.1. The Balaban J connectivity index is 1.64. The van der Waals surface area contributed by atoms with Gasteiger partial charge in [0.2, 0.25) is 0 Å². The number of esters is 1. The lowest BCUT2D eigenvalue weighted by Gasteiger charge is -2.23. The normalized spacial score (nSPS) is 33.3. The fourth-order valence-corrected chi connectivity index (χ4v) is 3.91. The number of ether oxygens (including phenoxy) is 3. The fraction of sp³-hybridized carbons (Fsp3) is 0.722. The topological polar surface area (TPSA) is 169 Å². The second-order valence-corrected chi connectivity index (χ2v) is 8.39. The number of carbonyl (C=O) groups excluding carboxylic acids is 1. The minimum atomic E-state index is -0.995.